The summed E-state index contributed by atoms with van der Waals surface area (Å²) in [7, 11) is -3.66. The molecule has 1 aliphatic rings. The molecule has 1 heterocycles. The van der Waals surface area contributed by atoms with Gasteiger partial charge in [0.05, 0.1) is 10.1 Å². The highest BCUT2D eigenvalue weighted by molar-refractivity contribution is 7.92. The van der Waals surface area contributed by atoms with Crippen molar-refractivity contribution < 1.29 is 18.0 Å². The molecule has 6 nitrogen and oxygen atoms in total. The zero-order valence-corrected chi connectivity index (χ0v) is 17.8. The Morgan fingerprint density at radius 2 is 1.93 bits per heavy atom. The minimum atomic E-state index is -3.66. The Labute approximate surface area is 171 Å². The van der Waals surface area contributed by atoms with Gasteiger partial charge in [0.25, 0.3) is 0 Å². The van der Waals surface area contributed by atoms with Gasteiger partial charge in [-0.25, -0.2) is 8.42 Å². The Kier molecular flexibility index (Phi) is 6.07. The molecule has 0 bridgehead atoms. The summed E-state index contributed by atoms with van der Waals surface area (Å²) in [6.07, 6.45) is 1.35. The summed E-state index contributed by atoms with van der Waals surface area (Å²) in [5.74, 6) is -0.394. The first-order valence-electron chi connectivity index (χ1n) is 9.76. The average Bonchev–Trinajstić information content (AvgIpc) is 3.11. The van der Waals surface area contributed by atoms with Crippen LogP contribution in [0.25, 0.3) is 0 Å². The second-order valence-electron chi connectivity index (χ2n) is 7.37. The maximum atomic E-state index is 13.0. The van der Waals surface area contributed by atoms with E-state index >= 15 is 0 Å². The summed E-state index contributed by atoms with van der Waals surface area (Å²) in [5, 5.41) is 1.92. The number of nitrogens with one attached hydrogen (secondary N) is 1. The van der Waals surface area contributed by atoms with E-state index in [-0.39, 0.29) is 23.1 Å². The van der Waals surface area contributed by atoms with Gasteiger partial charge in [0.15, 0.2) is 9.84 Å². The number of rotatable bonds is 6. The van der Waals surface area contributed by atoms with Crippen LogP contribution in [0.15, 0.2) is 47.4 Å². The fourth-order valence-corrected chi connectivity index (χ4v) is 4.97. The number of aryl methyl sites for hydroxylation is 1. The van der Waals surface area contributed by atoms with Crippen LogP contribution in [0.2, 0.25) is 0 Å². The number of carbonyl (C=O) groups is 2. The van der Waals surface area contributed by atoms with Crippen LogP contribution in [0, 0.1) is 0 Å². The number of hydrogen-bond acceptors (Lipinski definition) is 4. The molecule has 1 aliphatic heterocycles. The van der Waals surface area contributed by atoms with Crippen molar-refractivity contribution in [3.05, 3.63) is 53.6 Å². The third-order valence-electron chi connectivity index (χ3n) is 5.28. The van der Waals surface area contributed by atoms with Crippen LogP contribution in [-0.2, 0) is 32.3 Å². The van der Waals surface area contributed by atoms with Crippen LogP contribution in [0.3, 0.4) is 0 Å². The Bertz CT molecular complexity index is 1050. The van der Waals surface area contributed by atoms with Crippen LogP contribution in [0.5, 0.6) is 0 Å². The van der Waals surface area contributed by atoms with Gasteiger partial charge in [-0.15, -0.1) is 0 Å². The zero-order valence-electron chi connectivity index (χ0n) is 16.9. The van der Waals surface area contributed by atoms with Crippen LogP contribution < -0.4 is 10.2 Å². The van der Waals surface area contributed by atoms with Crippen molar-refractivity contribution in [2.24, 2.45) is 0 Å². The molecule has 0 aliphatic carbocycles. The molecule has 2 aromatic rings. The van der Waals surface area contributed by atoms with E-state index < -0.39 is 15.1 Å². The van der Waals surface area contributed by atoms with Crippen LogP contribution in [0.1, 0.15) is 38.3 Å². The van der Waals surface area contributed by atoms with Crippen molar-refractivity contribution in [2.75, 3.05) is 16.8 Å². The highest BCUT2D eigenvalue weighted by atomic mass is 32.2. The van der Waals surface area contributed by atoms with Crippen LogP contribution in [0.4, 0.5) is 11.4 Å². The molecule has 7 heteroatoms. The molecule has 0 aromatic heterocycles. The number of anilines is 2. The minimum Gasteiger partial charge on any atom is -0.326 e. The predicted octanol–water partition coefficient (Wildman–Crippen LogP) is 3.35. The van der Waals surface area contributed by atoms with E-state index in [1.165, 1.54) is 13.0 Å². The second-order valence-corrected chi connectivity index (χ2v) is 9.74. The molecular formula is C22H26N2O4S. The molecule has 0 saturated carbocycles. The fraction of sp³-hybridized carbons (Fsp3) is 0.364. The van der Waals surface area contributed by atoms with Crippen molar-refractivity contribution in [1.29, 1.82) is 0 Å². The molecule has 0 saturated heterocycles. The Morgan fingerprint density at radius 1 is 1.17 bits per heavy atom. The molecule has 0 radical (unpaired) electrons. The molecule has 29 heavy (non-hydrogen) atoms. The first kappa shape index (κ1) is 21.0. The minimum absolute atomic E-state index is 0.0588. The van der Waals surface area contributed by atoms with E-state index in [4.69, 9.17) is 0 Å². The molecule has 0 unspecified atom stereocenters. The van der Waals surface area contributed by atoms with E-state index in [9.17, 15) is 18.0 Å². The lowest BCUT2D eigenvalue weighted by Gasteiger charge is -2.16. The molecule has 0 spiro atoms. The third-order valence-corrected chi connectivity index (χ3v) is 7.41. The molecule has 2 amide bonds. The van der Waals surface area contributed by atoms with E-state index in [1.807, 2.05) is 25.1 Å². The van der Waals surface area contributed by atoms with E-state index in [0.717, 1.165) is 23.2 Å². The maximum absolute atomic E-state index is 13.0. The standard InChI is InChI=1S/C22H26N2O4S/c1-4-17-6-5-7-19(13-17)23-22(26)12-15(2)29(27,28)20-8-9-21-18(14-20)10-11-24(21)16(3)25/h5-9,13-15H,4,10-12H2,1-3H3,(H,23,26)/t15-/m0/s1. The monoisotopic (exact) mass is 414 g/mol. The topological polar surface area (TPSA) is 83.6 Å². The van der Waals surface area contributed by atoms with E-state index in [1.54, 1.807) is 30.0 Å². The first-order valence-corrected chi connectivity index (χ1v) is 11.3. The zero-order chi connectivity index (χ0) is 21.2. The van der Waals surface area contributed by atoms with Gasteiger partial charge in [0.2, 0.25) is 11.8 Å². The first-order chi connectivity index (χ1) is 13.7. The van der Waals surface area contributed by atoms with Gasteiger partial charge in [0, 0.05) is 31.3 Å². The van der Waals surface area contributed by atoms with Crippen molar-refractivity contribution >= 4 is 33.0 Å². The lowest BCUT2D eigenvalue weighted by Crippen LogP contribution is -2.26. The molecule has 3 rings (SSSR count). The predicted molar refractivity (Wildman–Crippen MR) is 114 cm³/mol. The average molecular weight is 415 g/mol. The lowest BCUT2D eigenvalue weighted by atomic mass is 10.1. The van der Waals surface area contributed by atoms with Gasteiger partial charge in [-0.05, 0) is 61.2 Å². The molecule has 154 valence electrons. The smallest absolute Gasteiger partial charge is 0.225 e. The summed E-state index contributed by atoms with van der Waals surface area (Å²) < 4.78 is 26.0. The highest BCUT2D eigenvalue weighted by Crippen LogP contribution is 2.31. The van der Waals surface area contributed by atoms with E-state index in [0.29, 0.717) is 18.7 Å². The van der Waals surface area contributed by atoms with Crippen molar-refractivity contribution in [2.45, 2.75) is 50.2 Å². The van der Waals surface area contributed by atoms with Gasteiger partial charge in [-0.1, -0.05) is 19.1 Å². The quantitative estimate of drug-likeness (QED) is 0.786. The number of fused-ring (bicyclic) bond motifs is 1. The SMILES string of the molecule is CCc1cccc(NC(=O)C[C@H](C)S(=O)(=O)c2ccc3c(c2)CCN3C(C)=O)c1. The van der Waals surface area contributed by atoms with Gasteiger partial charge in [-0.3, -0.25) is 9.59 Å². The maximum Gasteiger partial charge on any atom is 0.225 e. The Morgan fingerprint density at radius 3 is 2.62 bits per heavy atom. The van der Waals surface area contributed by atoms with Gasteiger partial charge >= 0.3 is 0 Å². The van der Waals surface area contributed by atoms with Crippen LogP contribution in [-0.4, -0.2) is 32.0 Å². The third kappa shape index (κ3) is 4.50. The van der Waals surface area contributed by atoms with Crippen molar-refractivity contribution in [3.8, 4) is 0 Å². The molecule has 2 aromatic carbocycles. The molecule has 1 atom stereocenters. The molecular weight excluding hydrogens is 388 g/mol. The van der Waals surface area contributed by atoms with Crippen molar-refractivity contribution in [1.82, 2.24) is 0 Å². The number of nitrogens with zero attached hydrogens (tertiary/aromatic N) is 1. The number of benzene rings is 2. The van der Waals surface area contributed by atoms with Crippen LogP contribution >= 0.6 is 0 Å². The number of sulfone groups is 1. The van der Waals surface area contributed by atoms with Gasteiger partial charge in [0.1, 0.15) is 0 Å². The summed E-state index contributed by atoms with van der Waals surface area (Å²) >= 11 is 0. The Hall–Kier alpha value is -2.67. The summed E-state index contributed by atoms with van der Waals surface area (Å²) in [6, 6.07) is 12.4. The number of carbonyl (C=O) groups excluding carboxylic acids is 2. The van der Waals surface area contributed by atoms with Gasteiger partial charge < -0.3 is 10.2 Å². The number of amides is 2. The summed E-state index contributed by atoms with van der Waals surface area (Å²) in [5.41, 5.74) is 3.37. The Balaban J connectivity index is 1.72. The molecule has 0 fully saturated rings. The van der Waals surface area contributed by atoms with Crippen molar-refractivity contribution in [3.63, 3.8) is 0 Å². The van der Waals surface area contributed by atoms with Gasteiger partial charge in [-0.2, -0.15) is 0 Å². The second kappa shape index (κ2) is 8.37. The fourth-order valence-electron chi connectivity index (χ4n) is 3.57. The normalized spacial score (nSPS) is 14.4. The highest BCUT2D eigenvalue weighted by Gasteiger charge is 2.29. The summed E-state index contributed by atoms with van der Waals surface area (Å²) in [4.78, 5) is 25.9. The lowest BCUT2D eigenvalue weighted by molar-refractivity contribution is -0.117. The van der Waals surface area contributed by atoms with E-state index in [2.05, 4.69) is 5.32 Å². The number of hydrogen-bond donors (Lipinski definition) is 1. The largest absolute Gasteiger partial charge is 0.326 e. The molecule has 1 N–H and O–H groups in total. The summed E-state index contributed by atoms with van der Waals surface area (Å²) in [6.45, 7) is 5.63.